The van der Waals surface area contributed by atoms with E-state index < -0.39 is 24.3 Å². The molecule has 2 saturated heterocycles. The molecule has 0 bridgehead atoms. The molecule has 234 valence electrons. The number of likely N-dealkylation sites (tertiary alicyclic amines) is 1. The summed E-state index contributed by atoms with van der Waals surface area (Å²) in [5.74, 6) is -0.498. The molecule has 0 unspecified atom stereocenters. The molecule has 2 aliphatic heterocycles. The summed E-state index contributed by atoms with van der Waals surface area (Å²) in [5, 5.41) is 15.0. The highest BCUT2D eigenvalue weighted by molar-refractivity contribution is 5.83. The number of hydrogen-bond acceptors (Lipinski definition) is 7. The van der Waals surface area contributed by atoms with E-state index in [0.29, 0.717) is 6.42 Å². The zero-order valence-corrected chi connectivity index (χ0v) is 25.3. The molecule has 0 spiro atoms. The second kappa shape index (κ2) is 15.8. The number of ether oxygens (including phenoxy) is 3. The maximum atomic E-state index is 12.7. The number of urea groups is 1. The molecular formula is C35H43N3O6. The summed E-state index contributed by atoms with van der Waals surface area (Å²) in [6, 6.07) is 24.0. The van der Waals surface area contributed by atoms with Crippen molar-refractivity contribution in [2.45, 2.75) is 69.8 Å². The fraction of sp³-hybridized carbons (Fsp3) is 0.429. The van der Waals surface area contributed by atoms with E-state index in [-0.39, 0.29) is 25.4 Å². The number of aliphatic hydroxyl groups excluding tert-OH is 1. The van der Waals surface area contributed by atoms with Gasteiger partial charge in [-0.15, -0.1) is 0 Å². The van der Waals surface area contributed by atoms with Crippen molar-refractivity contribution in [1.82, 2.24) is 15.5 Å². The van der Waals surface area contributed by atoms with Crippen LogP contribution in [0.1, 0.15) is 65.9 Å². The van der Waals surface area contributed by atoms with Crippen molar-refractivity contribution in [3.63, 3.8) is 0 Å². The van der Waals surface area contributed by atoms with Crippen LogP contribution in [0.2, 0.25) is 0 Å². The monoisotopic (exact) mass is 601 g/mol. The molecule has 3 N–H and O–H groups in total. The molecule has 2 fully saturated rings. The first-order valence-electron chi connectivity index (χ1n) is 15.5. The van der Waals surface area contributed by atoms with Gasteiger partial charge in [-0.3, -0.25) is 0 Å². The molecule has 9 nitrogen and oxygen atoms in total. The summed E-state index contributed by atoms with van der Waals surface area (Å²) in [7, 11) is 1.31. The van der Waals surface area contributed by atoms with Crippen LogP contribution < -0.4 is 10.6 Å². The second-order valence-electron chi connectivity index (χ2n) is 11.5. The maximum Gasteiger partial charge on any atom is 0.328 e. The average molecular weight is 602 g/mol. The molecule has 2 amide bonds. The minimum absolute atomic E-state index is 0.0114. The molecule has 3 aromatic carbocycles. The van der Waals surface area contributed by atoms with Crippen molar-refractivity contribution in [1.29, 1.82) is 0 Å². The summed E-state index contributed by atoms with van der Waals surface area (Å²) < 4.78 is 17.9. The molecule has 0 aliphatic carbocycles. The molecule has 0 saturated carbocycles. The molecule has 4 atom stereocenters. The molecule has 2 aliphatic rings. The number of hydrogen-bond donors (Lipinski definition) is 3. The van der Waals surface area contributed by atoms with Gasteiger partial charge in [0, 0.05) is 31.5 Å². The third-order valence-corrected chi connectivity index (χ3v) is 8.30. The van der Waals surface area contributed by atoms with Crippen LogP contribution in [-0.2, 0) is 38.6 Å². The number of piperidine rings is 1. The number of rotatable bonds is 11. The van der Waals surface area contributed by atoms with Gasteiger partial charge in [-0.2, -0.15) is 0 Å². The Morgan fingerprint density at radius 3 is 2.25 bits per heavy atom. The Labute approximate surface area is 259 Å². The van der Waals surface area contributed by atoms with Crippen LogP contribution in [0, 0.1) is 0 Å². The highest BCUT2D eigenvalue weighted by Crippen LogP contribution is 2.38. The van der Waals surface area contributed by atoms with Crippen molar-refractivity contribution in [2.75, 3.05) is 26.7 Å². The van der Waals surface area contributed by atoms with E-state index in [1.165, 1.54) is 26.4 Å². The lowest BCUT2D eigenvalue weighted by Gasteiger charge is -2.39. The van der Waals surface area contributed by atoms with E-state index in [9.17, 15) is 14.7 Å². The number of nitrogens with one attached hydrogen (secondary N) is 2. The number of aliphatic hydroxyl groups is 1. The molecule has 44 heavy (non-hydrogen) atoms. The van der Waals surface area contributed by atoms with Gasteiger partial charge in [-0.05, 0) is 48.2 Å². The highest BCUT2D eigenvalue weighted by atomic mass is 16.7. The third kappa shape index (κ3) is 8.89. The van der Waals surface area contributed by atoms with Crippen LogP contribution in [0.5, 0.6) is 0 Å². The number of esters is 1. The summed E-state index contributed by atoms with van der Waals surface area (Å²) in [5.41, 5.74) is 4.68. The Kier molecular flexibility index (Phi) is 11.4. The maximum absolute atomic E-state index is 12.7. The number of carbonyl (C=O) groups excluding carboxylic acids is 2. The average Bonchev–Trinajstić information content (AvgIpc) is 3.07. The SMILES string of the molecule is COC(=O)[C@H](Cc1ccccc1)NC(=O)NCc1ccc([C@H]2O[C@@H](CN3CCCCC3)C[C@@H](c3ccc(CO)cc3)O2)cc1. The van der Waals surface area contributed by atoms with Gasteiger partial charge >= 0.3 is 12.0 Å². The quantitative estimate of drug-likeness (QED) is 0.271. The van der Waals surface area contributed by atoms with Crippen LogP contribution in [0.25, 0.3) is 0 Å². The predicted molar refractivity (Wildman–Crippen MR) is 166 cm³/mol. The van der Waals surface area contributed by atoms with Crippen LogP contribution in [-0.4, -0.2) is 60.9 Å². The Balaban J connectivity index is 1.20. The fourth-order valence-corrected chi connectivity index (χ4v) is 5.83. The Hall–Kier alpha value is -3.76. The fourth-order valence-electron chi connectivity index (χ4n) is 5.83. The number of nitrogens with zero attached hydrogens (tertiary/aromatic N) is 1. The topological polar surface area (TPSA) is 109 Å². The van der Waals surface area contributed by atoms with Crippen molar-refractivity contribution in [3.05, 3.63) is 107 Å². The molecular weight excluding hydrogens is 558 g/mol. The lowest BCUT2D eigenvalue weighted by molar-refractivity contribution is -0.253. The number of carbonyl (C=O) groups is 2. The minimum atomic E-state index is -0.795. The van der Waals surface area contributed by atoms with Gasteiger partial charge in [0.1, 0.15) is 6.04 Å². The lowest BCUT2D eigenvalue weighted by Crippen LogP contribution is -2.47. The van der Waals surface area contributed by atoms with Crippen LogP contribution in [0.4, 0.5) is 4.79 Å². The Bertz CT molecular complexity index is 1330. The molecule has 0 aromatic heterocycles. The van der Waals surface area contributed by atoms with E-state index >= 15 is 0 Å². The predicted octanol–water partition coefficient (Wildman–Crippen LogP) is 4.79. The van der Waals surface area contributed by atoms with E-state index in [2.05, 4.69) is 15.5 Å². The second-order valence-corrected chi connectivity index (χ2v) is 11.5. The van der Waals surface area contributed by atoms with E-state index in [1.54, 1.807) is 0 Å². The molecule has 2 heterocycles. The number of benzene rings is 3. The van der Waals surface area contributed by atoms with Gasteiger partial charge in [0.05, 0.1) is 25.9 Å². The van der Waals surface area contributed by atoms with Gasteiger partial charge in [-0.25, -0.2) is 9.59 Å². The Morgan fingerprint density at radius 2 is 1.57 bits per heavy atom. The summed E-state index contributed by atoms with van der Waals surface area (Å²) in [4.78, 5) is 27.5. The first-order chi connectivity index (χ1) is 21.5. The highest BCUT2D eigenvalue weighted by Gasteiger charge is 2.33. The van der Waals surface area contributed by atoms with Gasteiger partial charge in [0.25, 0.3) is 0 Å². The zero-order valence-electron chi connectivity index (χ0n) is 25.3. The molecule has 9 heteroatoms. The standard InChI is InChI=1S/C35H43N3O6/c1-42-33(40)31(20-25-8-4-2-5-9-25)37-35(41)36-22-26-10-16-29(17-11-26)34-43-30(23-38-18-6-3-7-19-38)21-32(44-34)28-14-12-27(24-39)13-15-28/h2,4-5,8-17,30-32,34,39H,3,6-7,18-24H2,1H3,(H2,36,37,41)/t30-,31+,32+,34+/m1/s1. The van der Waals surface area contributed by atoms with Gasteiger partial charge in [-0.1, -0.05) is 85.3 Å². The minimum Gasteiger partial charge on any atom is -0.467 e. The van der Waals surface area contributed by atoms with Crippen LogP contribution >= 0.6 is 0 Å². The van der Waals surface area contributed by atoms with Crippen molar-refractivity contribution < 1.29 is 28.9 Å². The first-order valence-corrected chi connectivity index (χ1v) is 15.5. The molecule has 3 aromatic rings. The van der Waals surface area contributed by atoms with Crippen LogP contribution in [0.3, 0.4) is 0 Å². The summed E-state index contributed by atoms with van der Waals surface area (Å²) in [6.07, 6.45) is 4.21. The van der Waals surface area contributed by atoms with Crippen molar-refractivity contribution in [2.24, 2.45) is 0 Å². The van der Waals surface area contributed by atoms with Crippen LogP contribution in [0.15, 0.2) is 78.9 Å². The van der Waals surface area contributed by atoms with E-state index in [0.717, 1.165) is 53.9 Å². The largest absolute Gasteiger partial charge is 0.467 e. The van der Waals surface area contributed by atoms with Crippen molar-refractivity contribution in [3.8, 4) is 0 Å². The normalized spacial score (nSPS) is 21.3. The van der Waals surface area contributed by atoms with Gasteiger partial charge in [0.15, 0.2) is 6.29 Å². The van der Waals surface area contributed by atoms with Crippen molar-refractivity contribution >= 4 is 12.0 Å². The van der Waals surface area contributed by atoms with E-state index in [1.807, 2.05) is 78.9 Å². The van der Waals surface area contributed by atoms with Gasteiger partial charge in [0.2, 0.25) is 0 Å². The summed E-state index contributed by atoms with van der Waals surface area (Å²) in [6.45, 7) is 3.37. The smallest absolute Gasteiger partial charge is 0.328 e. The zero-order chi connectivity index (χ0) is 30.7. The van der Waals surface area contributed by atoms with E-state index in [4.69, 9.17) is 14.2 Å². The third-order valence-electron chi connectivity index (χ3n) is 8.30. The molecule has 5 rings (SSSR count). The van der Waals surface area contributed by atoms with Gasteiger partial charge < -0.3 is 34.9 Å². The number of methoxy groups -OCH3 is 1. The molecule has 0 radical (unpaired) electrons. The lowest BCUT2D eigenvalue weighted by atomic mass is 9.99. The first kappa shape index (κ1) is 31.7. The Morgan fingerprint density at radius 1 is 0.886 bits per heavy atom. The number of amides is 2. The summed E-state index contributed by atoms with van der Waals surface area (Å²) >= 11 is 0.